The molecule has 0 aromatic rings. The lowest BCUT2D eigenvalue weighted by molar-refractivity contribution is -0.163. The van der Waals surface area contributed by atoms with E-state index < -0.39 is 11.5 Å². The second-order valence-corrected chi connectivity index (χ2v) is 6.62. The number of hydrogen-bond acceptors (Lipinski definition) is 3. The van der Waals surface area contributed by atoms with Gasteiger partial charge in [0.15, 0.2) is 0 Å². The second-order valence-electron chi connectivity index (χ2n) is 6.62. The summed E-state index contributed by atoms with van der Waals surface area (Å²) in [5.74, 6) is 0.147. The van der Waals surface area contributed by atoms with Crippen LogP contribution < -0.4 is 0 Å². The molecule has 19 heavy (non-hydrogen) atoms. The summed E-state index contributed by atoms with van der Waals surface area (Å²) in [6.07, 6.45) is 4.14. The zero-order valence-corrected chi connectivity index (χ0v) is 12.6. The monoisotopic (exact) mass is 268 g/mol. The standard InChI is InChI=1S/C15H28N2O2/c1-12(2)13-6-4-5-7-15(13,14(18)19)17-10-8-16(3)9-11-17/h12-13H,4-11H2,1-3H3,(H,18,19). The molecule has 0 aromatic carbocycles. The fourth-order valence-electron chi connectivity index (χ4n) is 4.07. The van der Waals surface area contributed by atoms with E-state index in [-0.39, 0.29) is 0 Å². The smallest absolute Gasteiger partial charge is 0.324 e. The number of carboxylic acids is 1. The Kier molecular flexibility index (Phi) is 4.51. The maximum absolute atomic E-state index is 12.1. The minimum absolute atomic E-state index is 0.294. The topological polar surface area (TPSA) is 43.8 Å². The second kappa shape index (κ2) is 5.80. The van der Waals surface area contributed by atoms with Crippen LogP contribution in [0.5, 0.6) is 0 Å². The molecule has 0 aromatic heterocycles. The van der Waals surface area contributed by atoms with Gasteiger partial charge in [0.05, 0.1) is 0 Å². The van der Waals surface area contributed by atoms with Gasteiger partial charge in [-0.15, -0.1) is 0 Å². The van der Waals surface area contributed by atoms with Gasteiger partial charge in [-0.3, -0.25) is 9.69 Å². The Hall–Kier alpha value is -0.610. The van der Waals surface area contributed by atoms with Gasteiger partial charge in [0, 0.05) is 26.2 Å². The summed E-state index contributed by atoms with van der Waals surface area (Å²) in [7, 11) is 2.12. The molecule has 1 aliphatic carbocycles. The minimum Gasteiger partial charge on any atom is -0.480 e. The molecule has 2 aliphatic rings. The van der Waals surface area contributed by atoms with E-state index in [1.807, 2.05) is 0 Å². The van der Waals surface area contributed by atoms with Crippen molar-refractivity contribution in [2.45, 2.75) is 45.1 Å². The van der Waals surface area contributed by atoms with Crippen LogP contribution in [0.1, 0.15) is 39.5 Å². The third-order valence-corrected chi connectivity index (χ3v) is 5.18. The van der Waals surface area contributed by atoms with Crippen LogP contribution in [0, 0.1) is 11.8 Å². The lowest BCUT2D eigenvalue weighted by Gasteiger charge is -2.52. The van der Waals surface area contributed by atoms with Crippen LogP contribution in [0.25, 0.3) is 0 Å². The van der Waals surface area contributed by atoms with Crippen molar-refractivity contribution in [1.29, 1.82) is 0 Å². The molecule has 0 bridgehead atoms. The van der Waals surface area contributed by atoms with E-state index in [0.717, 1.165) is 45.4 Å². The van der Waals surface area contributed by atoms with Crippen molar-refractivity contribution < 1.29 is 9.90 Å². The molecular weight excluding hydrogens is 240 g/mol. The van der Waals surface area contributed by atoms with Crippen molar-refractivity contribution in [2.24, 2.45) is 11.8 Å². The molecule has 0 amide bonds. The number of piperazine rings is 1. The Labute approximate surface area is 116 Å². The number of rotatable bonds is 3. The summed E-state index contributed by atoms with van der Waals surface area (Å²) in [5.41, 5.74) is -0.603. The van der Waals surface area contributed by atoms with Crippen LogP contribution in [0.4, 0.5) is 0 Å². The lowest BCUT2D eigenvalue weighted by Crippen LogP contribution is -2.65. The van der Waals surface area contributed by atoms with Gasteiger partial charge in [-0.05, 0) is 31.7 Å². The summed E-state index contributed by atoms with van der Waals surface area (Å²) in [4.78, 5) is 16.7. The number of carbonyl (C=O) groups is 1. The average Bonchev–Trinajstić information content (AvgIpc) is 2.39. The fourth-order valence-corrected chi connectivity index (χ4v) is 4.07. The summed E-state index contributed by atoms with van der Waals surface area (Å²) < 4.78 is 0. The maximum atomic E-state index is 12.1. The predicted octanol–water partition coefficient (Wildman–Crippen LogP) is 1.90. The highest BCUT2D eigenvalue weighted by atomic mass is 16.4. The largest absolute Gasteiger partial charge is 0.480 e. The molecule has 0 radical (unpaired) electrons. The van der Waals surface area contributed by atoms with Crippen LogP contribution in [0.2, 0.25) is 0 Å². The quantitative estimate of drug-likeness (QED) is 0.849. The molecule has 2 rings (SSSR count). The molecule has 1 heterocycles. The van der Waals surface area contributed by atoms with Crippen molar-refractivity contribution in [3.8, 4) is 0 Å². The van der Waals surface area contributed by atoms with E-state index in [9.17, 15) is 9.90 Å². The zero-order valence-electron chi connectivity index (χ0n) is 12.6. The number of likely N-dealkylation sites (N-methyl/N-ethyl adjacent to an activating group) is 1. The van der Waals surface area contributed by atoms with Gasteiger partial charge in [-0.1, -0.05) is 26.7 Å². The first-order chi connectivity index (χ1) is 8.98. The van der Waals surface area contributed by atoms with Crippen molar-refractivity contribution in [2.75, 3.05) is 33.2 Å². The molecule has 1 aliphatic heterocycles. The Morgan fingerprint density at radius 1 is 1.21 bits per heavy atom. The lowest BCUT2D eigenvalue weighted by atomic mass is 9.66. The van der Waals surface area contributed by atoms with Gasteiger partial charge in [0.2, 0.25) is 0 Å². The number of carboxylic acid groups (broad SMARTS) is 1. The molecule has 0 spiro atoms. The van der Waals surface area contributed by atoms with Gasteiger partial charge in [-0.2, -0.15) is 0 Å². The Morgan fingerprint density at radius 3 is 2.37 bits per heavy atom. The van der Waals surface area contributed by atoms with Crippen molar-refractivity contribution in [3.63, 3.8) is 0 Å². The zero-order chi connectivity index (χ0) is 14.0. The maximum Gasteiger partial charge on any atom is 0.324 e. The van der Waals surface area contributed by atoms with Gasteiger partial charge in [-0.25, -0.2) is 0 Å². The molecule has 2 fully saturated rings. The average molecular weight is 268 g/mol. The molecule has 2 atom stereocenters. The Bertz CT molecular complexity index is 324. The van der Waals surface area contributed by atoms with Crippen LogP contribution in [0.3, 0.4) is 0 Å². The fraction of sp³-hybridized carbons (Fsp3) is 0.933. The van der Waals surface area contributed by atoms with Gasteiger partial charge in [0.1, 0.15) is 5.54 Å². The molecular formula is C15H28N2O2. The van der Waals surface area contributed by atoms with Crippen LogP contribution in [0.15, 0.2) is 0 Å². The number of aliphatic carboxylic acids is 1. The van der Waals surface area contributed by atoms with Crippen LogP contribution in [-0.4, -0.2) is 59.6 Å². The Balaban J connectivity index is 2.27. The summed E-state index contributed by atoms with van der Waals surface area (Å²) >= 11 is 0. The first-order valence-corrected chi connectivity index (χ1v) is 7.65. The summed E-state index contributed by atoms with van der Waals surface area (Å²) in [6.45, 7) is 8.13. The molecule has 2 unspecified atom stereocenters. The molecule has 1 saturated heterocycles. The Morgan fingerprint density at radius 2 is 1.84 bits per heavy atom. The van der Waals surface area contributed by atoms with E-state index in [1.54, 1.807) is 0 Å². The van der Waals surface area contributed by atoms with E-state index in [2.05, 4.69) is 30.7 Å². The minimum atomic E-state index is -0.603. The van der Waals surface area contributed by atoms with E-state index in [4.69, 9.17) is 0 Å². The van der Waals surface area contributed by atoms with Crippen molar-refractivity contribution in [3.05, 3.63) is 0 Å². The molecule has 110 valence electrons. The molecule has 1 N–H and O–H groups in total. The number of hydrogen-bond donors (Lipinski definition) is 1. The van der Waals surface area contributed by atoms with E-state index in [1.165, 1.54) is 6.42 Å². The highest BCUT2D eigenvalue weighted by Crippen LogP contribution is 2.43. The van der Waals surface area contributed by atoms with Gasteiger partial charge in [0.25, 0.3) is 0 Å². The summed E-state index contributed by atoms with van der Waals surface area (Å²) in [5, 5.41) is 9.97. The first kappa shape index (κ1) is 14.8. The van der Waals surface area contributed by atoms with Crippen molar-refractivity contribution in [1.82, 2.24) is 9.80 Å². The van der Waals surface area contributed by atoms with Crippen molar-refractivity contribution >= 4 is 5.97 Å². The number of nitrogens with zero attached hydrogens (tertiary/aromatic N) is 2. The SMILES string of the molecule is CC(C)C1CCCCC1(C(=O)O)N1CCN(C)CC1. The predicted molar refractivity (Wildman–Crippen MR) is 76.2 cm³/mol. The van der Waals surface area contributed by atoms with Crippen LogP contribution >= 0.6 is 0 Å². The first-order valence-electron chi connectivity index (χ1n) is 7.65. The molecule has 1 saturated carbocycles. The highest BCUT2D eigenvalue weighted by molar-refractivity contribution is 5.79. The summed E-state index contributed by atoms with van der Waals surface area (Å²) in [6, 6.07) is 0. The van der Waals surface area contributed by atoms with Gasteiger partial charge < -0.3 is 10.0 Å². The molecule has 4 nitrogen and oxygen atoms in total. The third-order valence-electron chi connectivity index (χ3n) is 5.18. The van der Waals surface area contributed by atoms with Crippen LogP contribution in [-0.2, 0) is 4.79 Å². The third kappa shape index (κ3) is 2.65. The van der Waals surface area contributed by atoms with E-state index in [0.29, 0.717) is 11.8 Å². The molecule has 4 heteroatoms. The van der Waals surface area contributed by atoms with E-state index >= 15 is 0 Å². The normalized spacial score (nSPS) is 34.6. The van der Waals surface area contributed by atoms with Gasteiger partial charge >= 0.3 is 5.97 Å². The highest BCUT2D eigenvalue weighted by Gasteiger charge is 2.52.